The highest BCUT2D eigenvalue weighted by molar-refractivity contribution is 14.1. The molecule has 1 heterocycles. The Morgan fingerprint density at radius 1 is 1.44 bits per heavy atom. The van der Waals surface area contributed by atoms with Crippen LogP contribution in [0.4, 0.5) is 0 Å². The van der Waals surface area contributed by atoms with Gasteiger partial charge in [0.1, 0.15) is 11.5 Å². The summed E-state index contributed by atoms with van der Waals surface area (Å²) in [6, 6.07) is 8.09. The second kappa shape index (κ2) is 5.67. The minimum atomic E-state index is -0.399. The van der Waals surface area contributed by atoms with Crippen molar-refractivity contribution >= 4 is 34.7 Å². The lowest BCUT2D eigenvalue weighted by Gasteiger charge is -2.01. The van der Waals surface area contributed by atoms with Crippen LogP contribution in [0.2, 0.25) is 0 Å². The second-order valence-electron chi connectivity index (χ2n) is 3.38. The Hall–Kier alpha value is -1.83. The predicted molar refractivity (Wildman–Crippen MR) is 74.6 cm³/mol. The van der Waals surface area contributed by atoms with Gasteiger partial charge in [-0.15, -0.1) is 0 Å². The van der Waals surface area contributed by atoms with E-state index in [2.05, 4.69) is 10.5 Å². The minimum Gasteiger partial charge on any atom is -0.507 e. The van der Waals surface area contributed by atoms with Crippen LogP contribution in [0.25, 0.3) is 0 Å². The summed E-state index contributed by atoms with van der Waals surface area (Å²) >= 11 is 1.98. The van der Waals surface area contributed by atoms with Gasteiger partial charge in [-0.25, -0.2) is 5.43 Å². The molecule has 2 N–H and O–H groups in total. The van der Waals surface area contributed by atoms with Crippen molar-refractivity contribution in [3.8, 4) is 5.75 Å². The molecule has 0 aliphatic rings. The zero-order chi connectivity index (χ0) is 13.0. The number of nitrogens with one attached hydrogen (secondary N) is 1. The van der Waals surface area contributed by atoms with Gasteiger partial charge in [-0.05, 0) is 52.9 Å². The summed E-state index contributed by atoms with van der Waals surface area (Å²) < 4.78 is 5.70. The van der Waals surface area contributed by atoms with Gasteiger partial charge in [0.25, 0.3) is 5.91 Å². The smallest absolute Gasteiger partial charge is 0.271 e. The number of carbonyl (C=O) groups is 1. The number of benzene rings is 1. The molecule has 0 spiro atoms. The van der Waals surface area contributed by atoms with E-state index in [1.165, 1.54) is 18.5 Å². The number of phenolic OH excluding ortho intramolecular Hbond substituents is 1. The molecule has 1 aromatic heterocycles. The number of furan rings is 1. The Morgan fingerprint density at radius 3 is 2.94 bits per heavy atom. The molecular weight excluding hydrogens is 347 g/mol. The van der Waals surface area contributed by atoms with Gasteiger partial charge >= 0.3 is 0 Å². The van der Waals surface area contributed by atoms with Crippen LogP contribution in [0.15, 0.2) is 46.1 Å². The summed E-state index contributed by atoms with van der Waals surface area (Å²) in [5.74, 6) is 0.212. The maximum absolute atomic E-state index is 11.7. The number of phenols is 1. The van der Waals surface area contributed by atoms with Crippen LogP contribution in [0.5, 0.6) is 5.75 Å². The normalized spacial score (nSPS) is 10.7. The van der Waals surface area contributed by atoms with Gasteiger partial charge < -0.3 is 9.52 Å². The number of rotatable bonds is 3. The van der Waals surface area contributed by atoms with Crippen LogP contribution in [-0.4, -0.2) is 17.2 Å². The van der Waals surface area contributed by atoms with E-state index in [-0.39, 0.29) is 5.75 Å². The van der Waals surface area contributed by atoms with Gasteiger partial charge in [-0.3, -0.25) is 4.79 Å². The third-order valence-electron chi connectivity index (χ3n) is 2.11. The third kappa shape index (κ3) is 3.10. The predicted octanol–water partition coefficient (Wildman–Crippen LogP) is 2.35. The molecule has 6 heteroatoms. The first-order chi connectivity index (χ1) is 8.66. The van der Waals surface area contributed by atoms with Crippen LogP contribution in [0.1, 0.15) is 16.1 Å². The van der Waals surface area contributed by atoms with Crippen molar-refractivity contribution in [2.45, 2.75) is 0 Å². The van der Waals surface area contributed by atoms with Gasteiger partial charge in [-0.2, -0.15) is 5.10 Å². The van der Waals surface area contributed by atoms with Crippen LogP contribution in [-0.2, 0) is 0 Å². The fraction of sp³-hybridized carbons (Fsp3) is 0. The van der Waals surface area contributed by atoms with Crippen LogP contribution >= 0.6 is 22.6 Å². The highest BCUT2D eigenvalue weighted by Gasteiger charge is 2.06. The lowest BCUT2D eigenvalue weighted by Crippen LogP contribution is -2.17. The number of amides is 1. The molecule has 1 aromatic carbocycles. The molecule has 2 rings (SSSR count). The minimum absolute atomic E-state index is 0.0678. The molecule has 0 atom stereocenters. The van der Waals surface area contributed by atoms with Crippen molar-refractivity contribution in [3.63, 3.8) is 0 Å². The molecule has 0 unspecified atom stereocenters. The monoisotopic (exact) mass is 356 g/mol. The van der Waals surface area contributed by atoms with Crippen molar-refractivity contribution in [2.75, 3.05) is 0 Å². The number of carbonyl (C=O) groups excluding carboxylic acids is 1. The molecule has 92 valence electrons. The van der Waals surface area contributed by atoms with E-state index in [1.54, 1.807) is 24.3 Å². The third-order valence-corrected chi connectivity index (χ3v) is 3.02. The highest BCUT2D eigenvalue weighted by Crippen LogP contribution is 2.20. The maximum atomic E-state index is 11.7. The largest absolute Gasteiger partial charge is 0.507 e. The van der Waals surface area contributed by atoms with Crippen LogP contribution in [0.3, 0.4) is 0 Å². The molecule has 1 amide bonds. The van der Waals surface area contributed by atoms with Crippen molar-refractivity contribution in [1.29, 1.82) is 0 Å². The lowest BCUT2D eigenvalue weighted by atomic mass is 10.2. The number of hydrazone groups is 1. The molecule has 18 heavy (non-hydrogen) atoms. The van der Waals surface area contributed by atoms with Crippen molar-refractivity contribution in [2.24, 2.45) is 5.10 Å². The van der Waals surface area contributed by atoms with Gasteiger partial charge in [-0.1, -0.05) is 0 Å². The molecule has 0 radical (unpaired) electrons. The molecule has 0 aliphatic carbocycles. The SMILES string of the molecule is O=C(N/N=C/c1ccco1)c1ccc(I)c(O)c1. The quantitative estimate of drug-likeness (QED) is 0.504. The maximum Gasteiger partial charge on any atom is 0.271 e. The molecule has 2 aromatic rings. The number of halogens is 1. The standard InChI is InChI=1S/C12H9IN2O3/c13-10-4-3-8(6-11(10)16)12(17)15-14-7-9-2-1-5-18-9/h1-7,16H,(H,15,17)/b14-7+. The fourth-order valence-corrected chi connectivity index (χ4v) is 1.57. The molecular formula is C12H9IN2O3. The summed E-state index contributed by atoms with van der Waals surface area (Å²) in [5, 5.41) is 13.2. The van der Waals surface area contributed by atoms with E-state index in [4.69, 9.17) is 4.42 Å². The van der Waals surface area contributed by atoms with Crippen molar-refractivity contribution in [3.05, 3.63) is 51.5 Å². The number of aromatic hydroxyl groups is 1. The summed E-state index contributed by atoms with van der Waals surface area (Å²) in [6.45, 7) is 0. The van der Waals surface area contributed by atoms with E-state index in [9.17, 15) is 9.90 Å². The Bertz CT molecular complexity index is 579. The molecule has 5 nitrogen and oxygen atoms in total. The zero-order valence-corrected chi connectivity index (χ0v) is 11.3. The van der Waals surface area contributed by atoms with Crippen LogP contribution in [0, 0.1) is 3.57 Å². The number of hydrogen-bond acceptors (Lipinski definition) is 4. The van der Waals surface area contributed by atoms with Crippen LogP contribution < -0.4 is 5.43 Å². The summed E-state index contributed by atoms with van der Waals surface area (Å²) in [4.78, 5) is 11.7. The second-order valence-corrected chi connectivity index (χ2v) is 4.54. The van der Waals surface area contributed by atoms with Crippen molar-refractivity contribution < 1.29 is 14.3 Å². The zero-order valence-electron chi connectivity index (χ0n) is 9.13. The lowest BCUT2D eigenvalue weighted by molar-refractivity contribution is 0.0954. The van der Waals surface area contributed by atoms with E-state index >= 15 is 0 Å². The Morgan fingerprint density at radius 2 is 2.28 bits per heavy atom. The first-order valence-corrected chi connectivity index (χ1v) is 6.10. The number of hydrogen-bond donors (Lipinski definition) is 2. The molecule has 0 saturated carbocycles. The highest BCUT2D eigenvalue weighted by atomic mass is 127. The van der Waals surface area contributed by atoms with Gasteiger partial charge in [0, 0.05) is 5.56 Å². The van der Waals surface area contributed by atoms with E-state index in [0.717, 1.165) is 0 Å². The molecule has 0 aliphatic heterocycles. The Labute approximate surface area is 117 Å². The first-order valence-electron chi connectivity index (χ1n) is 5.02. The molecule has 0 saturated heterocycles. The summed E-state index contributed by atoms with van der Waals surface area (Å²) in [7, 11) is 0. The first kappa shape index (κ1) is 12.6. The topological polar surface area (TPSA) is 74.8 Å². The number of nitrogens with zero attached hydrogens (tertiary/aromatic N) is 1. The van der Waals surface area contributed by atoms with Gasteiger partial charge in [0.05, 0.1) is 16.0 Å². The Kier molecular flexibility index (Phi) is 3.98. The van der Waals surface area contributed by atoms with Gasteiger partial charge in [0.2, 0.25) is 0 Å². The van der Waals surface area contributed by atoms with E-state index in [1.807, 2.05) is 22.6 Å². The van der Waals surface area contributed by atoms with E-state index in [0.29, 0.717) is 14.9 Å². The summed E-state index contributed by atoms with van der Waals surface area (Å²) in [6.07, 6.45) is 2.91. The van der Waals surface area contributed by atoms with Crippen molar-refractivity contribution in [1.82, 2.24) is 5.43 Å². The molecule has 0 bridgehead atoms. The van der Waals surface area contributed by atoms with E-state index < -0.39 is 5.91 Å². The Balaban J connectivity index is 2.01. The summed E-state index contributed by atoms with van der Waals surface area (Å²) in [5.41, 5.74) is 2.68. The molecule has 0 fully saturated rings. The fourth-order valence-electron chi connectivity index (χ4n) is 1.24. The van der Waals surface area contributed by atoms with Gasteiger partial charge in [0.15, 0.2) is 0 Å². The average molecular weight is 356 g/mol. The average Bonchev–Trinajstić information content (AvgIpc) is 2.85.